The second-order valence-electron chi connectivity index (χ2n) is 3.37. The van der Waals surface area contributed by atoms with Gasteiger partial charge in [-0.3, -0.25) is 4.79 Å². The smallest absolute Gasteiger partial charge is 0.338 e. The summed E-state index contributed by atoms with van der Waals surface area (Å²) < 4.78 is 17.3. The molecule has 1 rings (SSSR count). The molecule has 1 aromatic rings. The van der Waals surface area contributed by atoms with Crippen LogP contribution in [-0.4, -0.2) is 37.5 Å². The van der Waals surface area contributed by atoms with Crippen LogP contribution in [0.2, 0.25) is 0 Å². The van der Waals surface area contributed by atoms with E-state index in [2.05, 4.69) is 0 Å². The zero-order chi connectivity index (χ0) is 12.1. The number of rotatable bonds is 3. The maximum Gasteiger partial charge on any atom is 0.338 e. The van der Waals surface area contributed by atoms with Gasteiger partial charge in [0.05, 0.1) is 5.56 Å². The van der Waals surface area contributed by atoms with Crippen molar-refractivity contribution in [2.75, 3.05) is 20.7 Å². The molecule has 0 aromatic heterocycles. The van der Waals surface area contributed by atoms with Crippen molar-refractivity contribution in [2.45, 2.75) is 0 Å². The third-order valence-corrected chi connectivity index (χ3v) is 1.91. The first-order valence-electron chi connectivity index (χ1n) is 4.63. The van der Waals surface area contributed by atoms with Crippen molar-refractivity contribution in [3.05, 3.63) is 35.6 Å². The van der Waals surface area contributed by atoms with Gasteiger partial charge in [-0.25, -0.2) is 9.18 Å². The van der Waals surface area contributed by atoms with Crippen LogP contribution >= 0.6 is 0 Å². The Morgan fingerprint density at radius 1 is 1.25 bits per heavy atom. The number of esters is 1. The summed E-state index contributed by atoms with van der Waals surface area (Å²) in [6, 6.07) is 4.92. The minimum absolute atomic E-state index is 0.216. The Morgan fingerprint density at radius 3 is 2.31 bits per heavy atom. The fourth-order valence-corrected chi connectivity index (χ4v) is 0.926. The molecule has 0 unspecified atom stereocenters. The third kappa shape index (κ3) is 3.34. The lowest BCUT2D eigenvalue weighted by atomic mass is 10.2. The Bertz CT molecular complexity index is 387. The van der Waals surface area contributed by atoms with Crippen LogP contribution in [-0.2, 0) is 9.53 Å². The summed E-state index contributed by atoms with van der Waals surface area (Å²) in [5.41, 5.74) is 0.216. The minimum atomic E-state index is -0.643. The molecule has 16 heavy (non-hydrogen) atoms. The topological polar surface area (TPSA) is 46.6 Å². The Kier molecular flexibility index (Phi) is 3.99. The summed E-state index contributed by atoms with van der Waals surface area (Å²) in [7, 11) is 3.13. The Hall–Kier alpha value is -1.91. The summed E-state index contributed by atoms with van der Waals surface area (Å²) in [6.45, 7) is -0.316. The first kappa shape index (κ1) is 12.2. The van der Waals surface area contributed by atoms with Gasteiger partial charge < -0.3 is 9.64 Å². The van der Waals surface area contributed by atoms with Crippen LogP contribution in [0.1, 0.15) is 10.4 Å². The van der Waals surface area contributed by atoms with E-state index >= 15 is 0 Å². The van der Waals surface area contributed by atoms with E-state index in [1.165, 1.54) is 17.0 Å². The van der Waals surface area contributed by atoms with Crippen molar-refractivity contribution < 1.29 is 18.7 Å². The number of hydrogen-bond donors (Lipinski definition) is 0. The zero-order valence-electron chi connectivity index (χ0n) is 9.07. The molecule has 0 fully saturated rings. The van der Waals surface area contributed by atoms with Crippen LogP contribution in [0.5, 0.6) is 0 Å². The molecule has 1 aromatic carbocycles. The van der Waals surface area contributed by atoms with E-state index < -0.39 is 11.8 Å². The highest BCUT2D eigenvalue weighted by atomic mass is 19.1. The lowest BCUT2D eigenvalue weighted by Crippen LogP contribution is -2.27. The highest BCUT2D eigenvalue weighted by Crippen LogP contribution is 2.04. The molecule has 0 heterocycles. The van der Waals surface area contributed by atoms with E-state index in [-0.39, 0.29) is 18.1 Å². The molecule has 86 valence electrons. The van der Waals surface area contributed by atoms with Crippen molar-refractivity contribution in [3.8, 4) is 0 Å². The molecular formula is C11H12FNO3. The van der Waals surface area contributed by atoms with Gasteiger partial charge in [-0.1, -0.05) is 0 Å². The predicted octanol–water partition coefficient (Wildman–Crippen LogP) is 1.07. The normalized spacial score (nSPS) is 9.69. The van der Waals surface area contributed by atoms with Crippen molar-refractivity contribution in [1.29, 1.82) is 0 Å². The van der Waals surface area contributed by atoms with Crippen molar-refractivity contribution in [1.82, 2.24) is 4.90 Å². The van der Waals surface area contributed by atoms with Gasteiger partial charge in [0.25, 0.3) is 5.91 Å². The van der Waals surface area contributed by atoms with Crippen molar-refractivity contribution >= 4 is 11.9 Å². The van der Waals surface area contributed by atoms with E-state index in [0.29, 0.717) is 0 Å². The lowest BCUT2D eigenvalue weighted by molar-refractivity contribution is -0.131. The second kappa shape index (κ2) is 5.25. The number of nitrogens with zero attached hydrogens (tertiary/aromatic N) is 1. The first-order valence-corrected chi connectivity index (χ1v) is 4.63. The van der Waals surface area contributed by atoms with E-state index in [1.54, 1.807) is 14.1 Å². The molecular weight excluding hydrogens is 213 g/mol. The highest BCUT2D eigenvalue weighted by Gasteiger charge is 2.10. The van der Waals surface area contributed by atoms with E-state index in [0.717, 1.165) is 12.1 Å². The summed E-state index contributed by atoms with van der Waals surface area (Å²) in [4.78, 5) is 23.8. The number of hydrogen-bond acceptors (Lipinski definition) is 3. The van der Waals surface area contributed by atoms with Crippen LogP contribution in [0.3, 0.4) is 0 Å². The molecule has 0 saturated carbocycles. The van der Waals surface area contributed by atoms with E-state index in [1.807, 2.05) is 0 Å². The first-order chi connectivity index (χ1) is 7.50. The Morgan fingerprint density at radius 2 is 1.81 bits per heavy atom. The molecule has 0 aliphatic heterocycles. The van der Waals surface area contributed by atoms with Crippen LogP contribution in [0, 0.1) is 5.82 Å². The molecule has 0 spiro atoms. The Labute approximate surface area is 92.6 Å². The van der Waals surface area contributed by atoms with Gasteiger partial charge in [0, 0.05) is 14.1 Å². The summed E-state index contributed by atoms with van der Waals surface area (Å²) in [5.74, 6) is -1.38. The summed E-state index contributed by atoms with van der Waals surface area (Å²) >= 11 is 0. The number of halogens is 1. The quantitative estimate of drug-likeness (QED) is 0.723. The molecule has 0 bridgehead atoms. The van der Waals surface area contributed by atoms with Crippen LogP contribution in [0.4, 0.5) is 4.39 Å². The third-order valence-electron chi connectivity index (χ3n) is 1.91. The second-order valence-corrected chi connectivity index (χ2v) is 3.37. The zero-order valence-corrected chi connectivity index (χ0v) is 9.07. The molecule has 0 aliphatic rings. The fourth-order valence-electron chi connectivity index (χ4n) is 0.926. The number of likely N-dealkylation sites (N-methyl/N-ethyl adjacent to an activating group) is 1. The van der Waals surface area contributed by atoms with Gasteiger partial charge in [-0.15, -0.1) is 0 Å². The minimum Gasteiger partial charge on any atom is -0.452 e. The maximum absolute atomic E-state index is 12.6. The molecule has 5 heteroatoms. The van der Waals surface area contributed by atoms with Crippen molar-refractivity contribution in [3.63, 3.8) is 0 Å². The molecule has 0 aliphatic carbocycles. The number of benzene rings is 1. The number of ether oxygens (including phenoxy) is 1. The average Bonchev–Trinajstić information content (AvgIpc) is 2.26. The van der Waals surface area contributed by atoms with Crippen LogP contribution in [0.15, 0.2) is 24.3 Å². The number of amides is 1. The molecule has 0 atom stereocenters. The van der Waals surface area contributed by atoms with Gasteiger partial charge in [0.2, 0.25) is 0 Å². The van der Waals surface area contributed by atoms with Gasteiger partial charge in [-0.2, -0.15) is 0 Å². The fraction of sp³-hybridized carbons (Fsp3) is 0.273. The largest absolute Gasteiger partial charge is 0.452 e. The monoisotopic (exact) mass is 225 g/mol. The van der Waals surface area contributed by atoms with Gasteiger partial charge >= 0.3 is 5.97 Å². The van der Waals surface area contributed by atoms with Gasteiger partial charge in [0.15, 0.2) is 6.61 Å². The lowest BCUT2D eigenvalue weighted by Gasteiger charge is -2.10. The number of carbonyl (C=O) groups excluding carboxylic acids is 2. The molecule has 1 amide bonds. The molecule has 0 radical (unpaired) electrons. The van der Waals surface area contributed by atoms with E-state index in [4.69, 9.17) is 4.74 Å². The SMILES string of the molecule is CN(C)C(=O)COC(=O)c1ccc(F)cc1. The van der Waals surface area contributed by atoms with E-state index in [9.17, 15) is 14.0 Å². The van der Waals surface area contributed by atoms with Gasteiger partial charge in [-0.05, 0) is 24.3 Å². The molecule has 0 saturated heterocycles. The molecule has 4 nitrogen and oxygen atoms in total. The van der Waals surface area contributed by atoms with Crippen LogP contribution < -0.4 is 0 Å². The number of carbonyl (C=O) groups is 2. The summed E-state index contributed by atoms with van der Waals surface area (Å²) in [6.07, 6.45) is 0. The molecule has 0 N–H and O–H groups in total. The maximum atomic E-state index is 12.6. The van der Waals surface area contributed by atoms with Crippen LogP contribution in [0.25, 0.3) is 0 Å². The average molecular weight is 225 g/mol. The van der Waals surface area contributed by atoms with Gasteiger partial charge in [0.1, 0.15) is 5.82 Å². The summed E-state index contributed by atoms with van der Waals surface area (Å²) in [5, 5.41) is 0. The standard InChI is InChI=1S/C11H12FNO3/c1-13(2)10(14)7-16-11(15)8-3-5-9(12)6-4-8/h3-6H,7H2,1-2H3. The predicted molar refractivity (Wildman–Crippen MR) is 55.4 cm³/mol. The van der Waals surface area contributed by atoms with Crippen molar-refractivity contribution in [2.24, 2.45) is 0 Å². The Balaban J connectivity index is 2.53. The highest BCUT2D eigenvalue weighted by molar-refractivity contribution is 5.91.